The maximum Gasteiger partial charge on any atom is 0.173 e. The van der Waals surface area contributed by atoms with Crippen LogP contribution in [0.25, 0.3) is 0 Å². The summed E-state index contributed by atoms with van der Waals surface area (Å²) in [6, 6.07) is 14.2. The molecule has 0 amide bonds. The molecule has 3 rings (SSSR count). The van der Waals surface area contributed by atoms with Crippen LogP contribution in [0.3, 0.4) is 0 Å². The average molecular weight is 430 g/mol. The lowest BCUT2D eigenvalue weighted by Gasteiger charge is -2.31. The van der Waals surface area contributed by atoms with E-state index in [1.54, 1.807) is 14.2 Å². The van der Waals surface area contributed by atoms with Crippen molar-refractivity contribution in [3.63, 3.8) is 0 Å². The molecule has 2 aromatic rings. The van der Waals surface area contributed by atoms with Crippen molar-refractivity contribution in [2.45, 2.75) is 13.5 Å². The SMILES string of the molecule is COc1ccc(CN(CCN2CCOCC2)C(=S)Nc2ccc(C)cc2OC)cc1. The fraction of sp³-hybridized carbons (Fsp3) is 0.435. The van der Waals surface area contributed by atoms with Crippen LogP contribution in [0.4, 0.5) is 5.69 Å². The van der Waals surface area contributed by atoms with E-state index in [4.69, 9.17) is 26.4 Å². The van der Waals surface area contributed by atoms with Crippen molar-refractivity contribution >= 4 is 23.0 Å². The van der Waals surface area contributed by atoms with Crippen LogP contribution in [0.2, 0.25) is 0 Å². The van der Waals surface area contributed by atoms with Crippen LogP contribution in [0.1, 0.15) is 11.1 Å². The average Bonchev–Trinajstić information content (AvgIpc) is 2.78. The third-order valence-corrected chi connectivity index (χ3v) is 5.57. The quantitative estimate of drug-likeness (QED) is 0.644. The Balaban J connectivity index is 1.71. The van der Waals surface area contributed by atoms with Gasteiger partial charge in [-0.15, -0.1) is 0 Å². The van der Waals surface area contributed by atoms with Crippen molar-refractivity contribution < 1.29 is 14.2 Å². The van der Waals surface area contributed by atoms with Gasteiger partial charge >= 0.3 is 0 Å². The van der Waals surface area contributed by atoms with Gasteiger partial charge in [0.25, 0.3) is 0 Å². The first-order valence-electron chi connectivity index (χ1n) is 10.2. The summed E-state index contributed by atoms with van der Waals surface area (Å²) in [6.07, 6.45) is 0. The minimum absolute atomic E-state index is 0.682. The number of nitrogens with zero attached hydrogens (tertiary/aromatic N) is 2. The van der Waals surface area contributed by atoms with Gasteiger partial charge < -0.3 is 24.4 Å². The molecule has 0 bridgehead atoms. The van der Waals surface area contributed by atoms with E-state index in [1.807, 2.05) is 31.2 Å². The highest BCUT2D eigenvalue weighted by molar-refractivity contribution is 7.80. The van der Waals surface area contributed by atoms with Gasteiger partial charge in [-0.25, -0.2) is 0 Å². The molecule has 0 aliphatic carbocycles. The van der Waals surface area contributed by atoms with E-state index in [0.717, 1.165) is 62.1 Å². The fourth-order valence-electron chi connectivity index (χ4n) is 3.39. The van der Waals surface area contributed by atoms with Crippen LogP contribution in [0.5, 0.6) is 11.5 Å². The summed E-state index contributed by atoms with van der Waals surface area (Å²) in [4.78, 5) is 4.62. The summed E-state index contributed by atoms with van der Waals surface area (Å²) < 4.78 is 16.3. The van der Waals surface area contributed by atoms with E-state index in [1.165, 1.54) is 5.56 Å². The maximum absolute atomic E-state index is 5.80. The molecule has 0 unspecified atom stereocenters. The number of morpholine rings is 1. The molecule has 0 atom stereocenters. The number of rotatable bonds is 8. The Bertz CT molecular complexity index is 823. The van der Waals surface area contributed by atoms with Gasteiger partial charge in [0.1, 0.15) is 11.5 Å². The fourth-order valence-corrected chi connectivity index (χ4v) is 3.65. The number of benzene rings is 2. The Labute approximate surface area is 184 Å². The number of aryl methyl sites for hydroxylation is 1. The third-order valence-electron chi connectivity index (χ3n) is 5.21. The number of nitrogens with one attached hydrogen (secondary N) is 1. The van der Waals surface area contributed by atoms with Crippen LogP contribution in [-0.4, -0.2) is 68.5 Å². The molecule has 1 N–H and O–H groups in total. The summed E-state index contributed by atoms with van der Waals surface area (Å²) >= 11 is 5.80. The Hall–Kier alpha value is -2.35. The van der Waals surface area contributed by atoms with Gasteiger partial charge in [0.05, 0.1) is 33.1 Å². The summed E-state index contributed by atoms with van der Waals surface area (Å²) in [5.41, 5.74) is 3.20. The zero-order valence-corrected chi connectivity index (χ0v) is 18.8. The Morgan fingerprint density at radius 3 is 2.50 bits per heavy atom. The summed E-state index contributed by atoms with van der Waals surface area (Å²) in [7, 11) is 3.36. The number of anilines is 1. The molecule has 1 aliphatic rings. The van der Waals surface area contributed by atoms with Crippen molar-refractivity contribution in [3.05, 3.63) is 53.6 Å². The molecule has 0 saturated carbocycles. The zero-order chi connectivity index (χ0) is 21.3. The van der Waals surface area contributed by atoms with Gasteiger partial charge in [-0.05, 0) is 54.5 Å². The van der Waals surface area contributed by atoms with E-state index in [0.29, 0.717) is 11.7 Å². The van der Waals surface area contributed by atoms with Crippen molar-refractivity contribution in [2.75, 3.05) is 58.9 Å². The minimum atomic E-state index is 0.682. The van der Waals surface area contributed by atoms with E-state index < -0.39 is 0 Å². The van der Waals surface area contributed by atoms with E-state index >= 15 is 0 Å². The van der Waals surface area contributed by atoms with Crippen molar-refractivity contribution in [3.8, 4) is 11.5 Å². The van der Waals surface area contributed by atoms with Crippen LogP contribution in [0, 0.1) is 6.92 Å². The Kier molecular flexibility index (Phi) is 8.30. The van der Waals surface area contributed by atoms with E-state index in [9.17, 15) is 0 Å². The highest BCUT2D eigenvalue weighted by Crippen LogP contribution is 2.26. The first kappa shape index (κ1) is 22.3. The highest BCUT2D eigenvalue weighted by Gasteiger charge is 2.16. The molecule has 30 heavy (non-hydrogen) atoms. The largest absolute Gasteiger partial charge is 0.497 e. The van der Waals surface area contributed by atoms with E-state index in [-0.39, 0.29) is 0 Å². The lowest BCUT2D eigenvalue weighted by atomic mass is 10.2. The predicted molar refractivity (Wildman–Crippen MR) is 125 cm³/mol. The molecule has 1 heterocycles. The second kappa shape index (κ2) is 11.2. The van der Waals surface area contributed by atoms with Crippen molar-refractivity contribution in [1.82, 2.24) is 9.80 Å². The van der Waals surface area contributed by atoms with Gasteiger partial charge in [-0.2, -0.15) is 0 Å². The van der Waals surface area contributed by atoms with Crippen LogP contribution >= 0.6 is 12.2 Å². The second-order valence-corrected chi connectivity index (χ2v) is 7.74. The molecule has 0 aromatic heterocycles. The smallest absolute Gasteiger partial charge is 0.173 e. The Morgan fingerprint density at radius 1 is 1.10 bits per heavy atom. The van der Waals surface area contributed by atoms with Crippen LogP contribution in [0.15, 0.2) is 42.5 Å². The Morgan fingerprint density at radius 2 is 1.83 bits per heavy atom. The summed E-state index contributed by atoms with van der Waals surface area (Å²) in [5, 5.41) is 4.07. The monoisotopic (exact) mass is 429 g/mol. The van der Waals surface area contributed by atoms with Gasteiger partial charge in [-0.3, -0.25) is 4.90 Å². The maximum atomic E-state index is 5.80. The molecule has 2 aromatic carbocycles. The first-order valence-corrected chi connectivity index (χ1v) is 10.6. The van der Waals surface area contributed by atoms with Crippen LogP contribution < -0.4 is 14.8 Å². The first-order chi connectivity index (χ1) is 14.6. The predicted octanol–water partition coefficient (Wildman–Crippen LogP) is 3.54. The summed E-state index contributed by atoms with van der Waals surface area (Å²) in [5.74, 6) is 1.64. The number of hydrogen-bond acceptors (Lipinski definition) is 5. The molecule has 7 heteroatoms. The molecule has 6 nitrogen and oxygen atoms in total. The third kappa shape index (κ3) is 6.32. The topological polar surface area (TPSA) is 46.2 Å². The van der Waals surface area contributed by atoms with Gasteiger partial charge in [0.2, 0.25) is 0 Å². The summed E-state index contributed by atoms with van der Waals surface area (Å²) in [6.45, 7) is 8.03. The molecular formula is C23H31N3O3S. The lowest BCUT2D eigenvalue weighted by Crippen LogP contribution is -2.44. The zero-order valence-electron chi connectivity index (χ0n) is 18.0. The molecule has 0 radical (unpaired) electrons. The molecule has 1 aliphatic heterocycles. The standard InChI is InChI=1S/C23H31N3O3S/c1-18-4-9-21(22(16-18)28-3)24-23(30)26(11-10-25-12-14-29-15-13-25)17-19-5-7-20(27-2)8-6-19/h4-9,16H,10-15,17H2,1-3H3,(H,24,30). The van der Waals surface area contributed by atoms with E-state index in [2.05, 4.69) is 33.3 Å². The van der Waals surface area contributed by atoms with Crippen molar-refractivity contribution in [1.29, 1.82) is 0 Å². The molecule has 1 saturated heterocycles. The molecule has 1 fully saturated rings. The molecular weight excluding hydrogens is 398 g/mol. The molecule has 0 spiro atoms. The minimum Gasteiger partial charge on any atom is -0.497 e. The van der Waals surface area contributed by atoms with Gasteiger partial charge in [-0.1, -0.05) is 18.2 Å². The number of thiocarbonyl (C=S) groups is 1. The normalized spacial score (nSPS) is 14.2. The number of hydrogen-bond donors (Lipinski definition) is 1. The van der Waals surface area contributed by atoms with Crippen LogP contribution in [-0.2, 0) is 11.3 Å². The number of methoxy groups -OCH3 is 2. The second-order valence-electron chi connectivity index (χ2n) is 7.36. The molecule has 162 valence electrons. The van der Waals surface area contributed by atoms with Crippen molar-refractivity contribution in [2.24, 2.45) is 0 Å². The number of ether oxygens (including phenoxy) is 3. The van der Waals surface area contributed by atoms with Gasteiger partial charge in [0, 0.05) is 32.7 Å². The lowest BCUT2D eigenvalue weighted by molar-refractivity contribution is 0.0358. The van der Waals surface area contributed by atoms with Gasteiger partial charge in [0.15, 0.2) is 5.11 Å². The highest BCUT2D eigenvalue weighted by atomic mass is 32.1.